The molecule has 1 atom stereocenters. The first kappa shape index (κ1) is 16.4. The van der Waals surface area contributed by atoms with Crippen molar-refractivity contribution in [1.82, 2.24) is 10.3 Å². The van der Waals surface area contributed by atoms with E-state index in [4.69, 9.17) is 5.11 Å². The molecule has 2 aromatic rings. The SMILES string of the molecule is CC(C)CC(CCO)CNC(=O)c1ccc2ccccc2n1. The van der Waals surface area contributed by atoms with Gasteiger partial charge in [0.1, 0.15) is 5.69 Å². The van der Waals surface area contributed by atoms with Gasteiger partial charge >= 0.3 is 0 Å². The Labute approximate surface area is 131 Å². The van der Waals surface area contributed by atoms with Crippen LogP contribution < -0.4 is 5.32 Å². The molecule has 1 amide bonds. The largest absolute Gasteiger partial charge is 0.396 e. The standard InChI is InChI=1S/C18H24N2O2/c1-13(2)11-14(9-10-21)12-19-18(22)17-8-7-15-5-3-4-6-16(15)20-17/h3-8,13-14,21H,9-12H2,1-2H3,(H,19,22). The molecule has 0 aliphatic rings. The van der Waals surface area contributed by atoms with Crippen molar-refractivity contribution >= 4 is 16.8 Å². The van der Waals surface area contributed by atoms with E-state index < -0.39 is 0 Å². The van der Waals surface area contributed by atoms with Crippen LogP contribution in [0.3, 0.4) is 0 Å². The average molecular weight is 300 g/mol. The molecule has 0 saturated heterocycles. The number of para-hydroxylation sites is 1. The molecule has 0 aliphatic heterocycles. The topological polar surface area (TPSA) is 62.2 Å². The number of aliphatic hydroxyl groups is 1. The Morgan fingerprint density at radius 3 is 2.73 bits per heavy atom. The number of nitrogens with zero attached hydrogens (tertiary/aromatic N) is 1. The third kappa shape index (κ3) is 4.53. The maximum Gasteiger partial charge on any atom is 0.269 e. The fraction of sp³-hybridized carbons (Fsp3) is 0.444. The van der Waals surface area contributed by atoms with Crippen molar-refractivity contribution in [3.8, 4) is 0 Å². The normalized spacial score (nSPS) is 12.5. The summed E-state index contributed by atoms with van der Waals surface area (Å²) in [6, 6.07) is 11.4. The highest BCUT2D eigenvalue weighted by atomic mass is 16.3. The Kier molecular flexibility index (Phi) is 5.90. The van der Waals surface area contributed by atoms with Gasteiger partial charge in [0.25, 0.3) is 5.91 Å². The van der Waals surface area contributed by atoms with Crippen LogP contribution in [0.25, 0.3) is 10.9 Å². The lowest BCUT2D eigenvalue weighted by molar-refractivity contribution is 0.0936. The summed E-state index contributed by atoms with van der Waals surface area (Å²) in [5.41, 5.74) is 1.26. The van der Waals surface area contributed by atoms with Crippen LogP contribution in [0.4, 0.5) is 0 Å². The number of pyridine rings is 1. The lowest BCUT2D eigenvalue weighted by Gasteiger charge is -2.18. The highest BCUT2D eigenvalue weighted by Crippen LogP contribution is 2.15. The van der Waals surface area contributed by atoms with Gasteiger partial charge in [-0.15, -0.1) is 0 Å². The predicted octanol–water partition coefficient (Wildman–Crippen LogP) is 3.01. The number of hydrogen-bond acceptors (Lipinski definition) is 3. The quantitative estimate of drug-likeness (QED) is 0.826. The van der Waals surface area contributed by atoms with Gasteiger partial charge in [-0.3, -0.25) is 4.79 Å². The van der Waals surface area contributed by atoms with E-state index in [1.165, 1.54) is 0 Å². The Morgan fingerprint density at radius 1 is 1.23 bits per heavy atom. The molecule has 4 nitrogen and oxygen atoms in total. The van der Waals surface area contributed by atoms with E-state index in [2.05, 4.69) is 24.1 Å². The minimum atomic E-state index is -0.155. The van der Waals surface area contributed by atoms with Crippen LogP contribution >= 0.6 is 0 Å². The van der Waals surface area contributed by atoms with Gasteiger partial charge in [-0.1, -0.05) is 38.1 Å². The third-order valence-corrected chi connectivity index (χ3v) is 3.72. The van der Waals surface area contributed by atoms with Crippen LogP contribution in [-0.2, 0) is 0 Å². The fourth-order valence-corrected chi connectivity index (χ4v) is 2.67. The van der Waals surface area contributed by atoms with Gasteiger partial charge in [-0.05, 0) is 36.8 Å². The first-order chi connectivity index (χ1) is 10.6. The molecule has 1 aromatic carbocycles. The Balaban J connectivity index is 2.00. The molecule has 0 spiro atoms. The highest BCUT2D eigenvalue weighted by Gasteiger charge is 2.14. The summed E-state index contributed by atoms with van der Waals surface area (Å²) in [5.74, 6) is 0.694. The summed E-state index contributed by atoms with van der Waals surface area (Å²) in [7, 11) is 0. The molecule has 0 radical (unpaired) electrons. The van der Waals surface area contributed by atoms with Crippen LogP contribution in [-0.4, -0.2) is 29.1 Å². The summed E-state index contributed by atoms with van der Waals surface area (Å²) in [6.45, 7) is 5.03. The Hall–Kier alpha value is -1.94. The van der Waals surface area contributed by atoms with Crippen molar-refractivity contribution in [2.45, 2.75) is 26.7 Å². The van der Waals surface area contributed by atoms with Crippen LogP contribution in [0.1, 0.15) is 37.2 Å². The molecule has 0 saturated carbocycles. The first-order valence-electron chi connectivity index (χ1n) is 7.85. The molecular weight excluding hydrogens is 276 g/mol. The molecular formula is C18H24N2O2. The number of carbonyl (C=O) groups excluding carboxylic acids is 1. The summed E-state index contributed by atoms with van der Waals surface area (Å²) < 4.78 is 0. The zero-order valence-electron chi connectivity index (χ0n) is 13.2. The Morgan fingerprint density at radius 2 is 2.00 bits per heavy atom. The summed E-state index contributed by atoms with van der Waals surface area (Å²) in [6.07, 6.45) is 1.70. The first-order valence-corrected chi connectivity index (χ1v) is 7.85. The van der Waals surface area contributed by atoms with E-state index in [1.54, 1.807) is 6.07 Å². The van der Waals surface area contributed by atoms with Crippen molar-refractivity contribution < 1.29 is 9.90 Å². The predicted molar refractivity (Wildman–Crippen MR) is 88.7 cm³/mol. The van der Waals surface area contributed by atoms with Gasteiger partial charge in [0, 0.05) is 18.5 Å². The maximum atomic E-state index is 12.2. The number of nitrogens with one attached hydrogen (secondary N) is 1. The van der Waals surface area contributed by atoms with Crippen molar-refractivity contribution in [1.29, 1.82) is 0 Å². The molecule has 2 N–H and O–H groups in total. The van der Waals surface area contributed by atoms with Crippen LogP contribution in [0.15, 0.2) is 36.4 Å². The van der Waals surface area contributed by atoms with Crippen molar-refractivity contribution in [3.63, 3.8) is 0 Å². The molecule has 4 heteroatoms. The zero-order valence-corrected chi connectivity index (χ0v) is 13.2. The molecule has 1 aromatic heterocycles. The fourth-order valence-electron chi connectivity index (χ4n) is 2.67. The average Bonchev–Trinajstić information content (AvgIpc) is 2.51. The van der Waals surface area contributed by atoms with Gasteiger partial charge in [0.15, 0.2) is 0 Å². The molecule has 1 heterocycles. The summed E-state index contributed by atoms with van der Waals surface area (Å²) in [4.78, 5) is 16.6. The summed E-state index contributed by atoms with van der Waals surface area (Å²) >= 11 is 0. The molecule has 118 valence electrons. The van der Waals surface area contributed by atoms with Crippen molar-refractivity contribution in [2.24, 2.45) is 11.8 Å². The second-order valence-electron chi connectivity index (χ2n) is 6.11. The van der Waals surface area contributed by atoms with E-state index in [0.29, 0.717) is 30.5 Å². The van der Waals surface area contributed by atoms with Crippen LogP contribution in [0, 0.1) is 11.8 Å². The minimum absolute atomic E-state index is 0.154. The van der Waals surface area contributed by atoms with Crippen LogP contribution in [0.2, 0.25) is 0 Å². The van der Waals surface area contributed by atoms with Crippen molar-refractivity contribution in [2.75, 3.05) is 13.2 Å². The number of rotatable bonds is 7. The number of aliphatic hydroxyl groups excluding tert-OH is 1. The van der Waals surface area contributed by atoms with E-state index in [0.717, 1.165) is 17.3 Å². The number of aromatic nitrogens is 1. The number of amides is 1. The van der Waals surface area contributed by atoms with E-state index in [1.807, 2.05) is 30.3 Å². The second-order valence-corrected chi connectivity index (χ2v) is 6.11. The second kappa shape index (κ2) is 7.90. The summed E-state index contributed by atoms with van der Waals surface area (Å²) in [5, 5.41) is 13.1. The van der Waals surface area contributed by atoms with Crippen molar-refractivity contribution in [3.05, 3.63) is 42.1 Å². The molecule has 2 rings (SSSR count). The minimum Gasteiger partial charge on any atom is -0.396 e. The van der Waals surface area contributed by atoms with Gasteiger partial charge in [-0.2, -0.15) is 0 Å². The van der Waals surface area contributed by atoms with Gasteiger partial charge in [-0.25, -0.2) is 4.98 Å². The molecule has 0 bridgehead atoms. The van der Waals surface area contributed by atoms with E-state index in [9.17, 15) is 4.79 Å². The number of fused-ring (bicyclic) bond motifs is 1. The lowest BCUT2D eigenvalue weighted by Crippen LogP contribution is -2.31. The van der Waals surface area contributed by atoms with Gasteiger partial charge in [0.2, 0.25) is 0 Å². The molecule has 0 aliphatic carbocycles. The number of hydrogen-bond donors (Lipinski definition) is 2. The lowest BCUT2D eigenvalue weighted by atomic mass is 9.94. The van der Waals surface area contributed by atoms with E-state index in [-0.39, 0.29) is 12.5 Å². The Bertz CT molecular complexity index is 625. The van der Waals surface area contributed by atoms with E-state index >= 15 is 0 Å². The zero-order chi connectivity index (χ0) is 15.9. The molecule has 0 fully saturated rings. The maximum absolute atomic E-state index is 12.2. The highest BCUT2D eigenvalue weighted by molar-refractivity contribution is 5.94. The third-order valence-electron chi connectivity index (χ3n) is 3.72. The monoisotopic (exact) mass is 300 g/mol. The smallest absolute Gasteiger partial charge is 0.269 e. The molecule has 22 heavy (non-hydrogen) atoms. The van der Waals surface area contributed by atoms with Crippen LogP contribution in [0.5, 0.6) is 0 Å². The number of carbonyl (C=O) groups is 1. The number of benzene rings is 1. The molecule has 1 unspecified atom stereocenters. The van der Waals surface area contributed by atoms with Gasteiger partial charge in [0.05, 0.1) is 5.52 Å². The van der Waals surface area contributed by atoms with Gasteiger partial charge < -0.3 is 10.4 Å².